The van der Waals surface area contributed by atoms with E-state index in [0.29, 0.717) is 36.1 Å². The number of benzene rings is 1. The summed E-state index contributed by atoms with van der Waals surface area (Å²) in [6, 6.07) is 8.45. The number of Topliss-reactive ketones (excluding diaryl/α,β-unsaturated/α-hetero) is 1. The Morgan fingerprint density at radius 2 is 2.14 bits per heavy atom. The zero-order valence-electron chi connectivity index (χ0n) is 15.4. The first-order chi connectivity index (χ1) is 13.8. The number of nitriles is 1. The molecule has 2 heterocycles. The molecule has 0 fully saturated rings. The number of thiophene rings is 1. The third-order valence-electron chi connectivity index (χ3n) is 5.24. The van der Waals surface area contributed by atoms with E-state index in [0.717, 1.165) is 19.9 Å². The summed E-state index contributed by atoms with van der Waals surface area (Å²) < 4.78 is 14.6. The minimum Gasteiger partial charge on any atom is -0.384 e. The highest BCUT2D eigenvalue weighted by atomic mass is 79.9. The number of hydrogen-bond acceptors (Lipinski definition) is 5. The second-order valence-corrected chi connectivity index (χ2v) is 9.52. The Hall–Kier alpha value is -2.14. The van der Waals surface area contributed by atoms with Gasteiger partial charge in [0.15, 0.2) is 5.78 Å². The molecule has 1 aliphatic carbocycles. The Kier molecular flexibility index (Phi) is 5.28. The van der Waals surface area contributed by atoms with Gasteiger partial charge < -0.3 is 5.73 Å². The Morgan fingerprint density at radius 1 is 1.38 bits per heavy atom. The van der Waals surface area contributed by atoms with E-state index >= 15 is 0 Å². The number of nitrogens with zero attached hydrogens (tertiary/aromatic N) is 2. The fraction of sp³-hybridized carbons (Fsp3) is 0.238. The van der Waals surface area contributed by atoms with Gasteiger partial charge in [0, 0.05) is 37.6 Å². The molecule has 0 saturated heterocycles. The first-order valence-electron chi connectivity index (χ1n) is 9.00. The number of rotatable bonds is 2. The van der Waals surface area contributed by atoms with Gasteiger partial charge in [-0.1, -0.05) is 11.6 Å². The van der Waals surface area contributed by atoms with E-state index in [9.17, 15) is 14.4 Å². The molecule has 0 radical (unpaired) electrons. The topological polar surface area (TPSA) is 70.1 Å². The minimum atomic E-state index is -0.541. The van der Waals surface area contributed by atoms with Gasteiger partial charge >= 0.3 is 0 Å². The van der Waals surface area contributed by atoms with Crippen molar-refractivity contribution in [3.63, 3.8) is 0 Å². The van der Waals surface area contributed by atoms with Crippen molar-refractivity contribution in [2.75, 3.05) is 4.90 Å². The average molecular weight is 493 g/mol. The number of nitrogens with two attached hydrogens (primary N) is 1. The Morgan fingerprint density at radius 3 is 2.76 bits per heavy atom. The van der Waals surface area contributed by atoms with Crippen molar-refractivity contribution >= 4 is 50.3 Å². The summed E-state index contributed by atoms with van der Waals surface area (Å²) in [5.41, 5.74) is 8.67. The van der Waals surface area contributed by atoms with E-state index in [1.165, 1.54) is 23.5 Å². The molecule has 1 unspecified atom stereocenters. The summed E-state index contributed by atoms with van der Waals surface area (Å²) in [6.07, 6.45) is 1.76. The van der Waals surface area contributed by atoms with E-state index in [1.54, 1.807) is 11.0 Å². The van der Waals surface area contributed by atoms with Crippen LogP contribution in [0.1, 0.15) is 34.9 Å². The van der Waals surface area contributed by atoms with Gasteiger partial charge in [0.1, 0.15) is 11.6 Å². The summed E-state index contributed by atoms with van der Waals surface area (Å²) in [6.45, 7) is 1.98. The predicted molar refractivity (Wildman–Crippen MR) is 116 cm³/mol. The Balaban J connectivity index is 1.97. The maximum atomic E-state index is 13.7. The van der Waals surface area contributed by atoms with Crippen LogP contribution in [0.3, 0.4) is 0 Å². The molecule has 1 atom stereocenters. The summed E-state index contributed by atoms with van der Waals surface area (Å²) in [5, 5.41) is 9.92. The fourth-order valence-electron chi connectivity index (χ4n) is 3.91. The van der Waals surface area contributed by atoms with Crippen molar-refractivity contribution in [1.29, 1.82) is 5.26 Å². The fourth-order valence-corrected chi connectivity index (χ4v) is 5.77. The van der Waals surface area contributed by atoms with E-state index in [1.807, 2.05) is 13.0 Å². The van der Waals surface area contributed by atoms with E-state index in [2.05, 4.69) is 22.0 Å². The molecular weight excluding hydrogens is 477 g/mol. The van der Waals surface area contributed by atoms with Crippen LogP contribution in [0, 0.1) is 24.1 Å². The van der Waals surface area contributed by atoms with Crippen LogP contribution in [0.2, 0.25) is 5.02 Å². The molecule has 1 aromatic carbocycles. The predicted octanol–water partition coefficient (Wildman–Crippen LogP) is 5.92. The highest BCUT2D eigenvalue weighted by molar-refractivity contribution is 9.10. The van der Waals surface area contributed by atoms with Crippen molar-refractivity contribution in [3.8, 4) is 6.07 Å². The maximum Gasteiger partial charge on any atom is 0.161 e. The van der Waals surface area contributed by atoms with E-state index < -0.39 is 11.7 Å². The first kappa shape index (κ1) is 20.1. The van der Waals surface area contributed by atoms with Gasteiger partial charge in [-0.05, 0) is 60.0 Å². The molecule has 2 N–H and O–H groups in total. The maximum absolute atomic E-state index is 13.7. The number of allylic oxidation sites excluding steroid dienone is 3. The monoisotopic (exact) mass is 491 g/mol. The normalized spacial score (nSPS) is 19.5. The molecule has 0 amide bonds. The van der Waals surface area contributed by atoms with Crippen molar-refractivity contribution in [3.05, 3.63) is 72.0 Å². The number of carbonyl (C=O) groups is 1. The molecule has 148 valence electrons. The second-order valence-electron chi connectivity index (χ2n) is 6.97. The SMILES string of the molecule is Cc1sc(C2C(C#N)=C(N)N(c3ccc(F)c(Cl)c3)C3=C2C(=O)CCC3)cc1Br. The molecule has 2 aliphatic rings. The Labute approximate surface area is 185 Å². The molecule has 0 spiro atoms. The zero-order chi connectivity index (χ0) is 20.9. The van der Waals surface area contributed by atoms with Crippen molar-refractivity contribution in [1.82, 2.24) is 0 Å². The van der Waals surface area contributed by atoms with Crippen LogP contribution >= 0.6 is 38.9 Å². The third kappa shape index (κ3) is 3.29. The molecule has 4 rings (SSSR count). The molecule has 1 aromatic heterocycles. The largest absolute Gasteiger partial charge is 0.384 e. The molecule has 0 saturated carbocycles. The number of halogens is 3. The van der Waals surface area contributed by atoms with Gasteiger partial charge in [-0.3, -0.25) is 9.69 Å². The number of ketones is 1. The number of anilines is 1. The lowest BCUT2D eigenvalue weighted by Crippen LogP contribution is -2.38. The molecule has 8 heteroatoms. The molecule has 2 aromatic rings. The zero-order valence-corrected chi connectivity index (χ0v) is 18.6. The summed E-state index contributed by atoms with van der Waals surface area (Å²) >= 11 is 11.1. The van der Waals surface area contributed by atoms with Crippen molar-refractivity contribution in [2.24, 2.45) is 5.73 Å². The van der Waals surface area contributed by atoms with Crippen LogP contribution in [0.5, 0.6) is 0 Å². The molecular formula is C21H16BrClFN3OS. The molecule has 0 bridgehead atoms. The van der Waals surface area contributed by atoms with Crippen LogP contribution in [0.4, 0.5) is 10.1 Å². The van der Waals surface area contributed by atoms with Crippen LogP contribution in [-0.4, -0.2) is 5.78 Å². The highest BCUT2D eigenvalue weighted by Gasteiger charge is 2.41. The number of carbonyl (C=O) groups excluding carboxylic acids is 1. The van der Waals surface area contributed by atoms with Gasteiger partial charge in [-0.15, -0.1) is 11.3 Å². The lowest BCUT2D eigenvalue weighted by Gasteiger charge is -2.39. The molecule has 29 heavy (non-hydrogen) atoms. The van der Waals surface area contributed by atoms with Gasteiger partial charge in [0.25, 0.3) is 0 Å². The average Bonchev–Trinajstić information content (AvgIpc) is 3.02. The van der Waals surface area contributed by atoms with Crippen molar-refractivity contribution in [2.45, 2.75) is 32.1 Å². The summed E-state index contributed by atoms with van der Waals surface area (Å²) in [4.78, 5) is 16.7. The lowest BCUT2D eigenvalue weighted by atomic mass is 9.78. The van der Waals surface area contributed by atoms with Crippen LogP contribution in [-0.2, 0) is 4.79 Å². The van der Waals surface area contributed by atoms with Gasteiger partial charge in [0.2, 0.25) is 0 Å². The smallest absolute Gasteiger partial charge is 0.161 e. The third-order valence-corrected chi connectivity index (χ3v) is 7.73. The van der Waals surface area contributed by atoms with Crippen molar-refractivity contribution < 1.29 is 9.18 Å². The molecule has 1 aliphatic heterocycles. The first-order valence-corrected chi connectivity index (χ1v) is 11.0. The quantitative estimate of drug-likeness (QED) is 0.565. The van der Waals surface area contributed by atoms with Gasteiger partial charge in [-0.25, -0.2) is 4.39 Å². The molecule has 4 nitrogen and oxygen atoms in total. The van der Waals surface area contributed by atoms with E-state index in [4.69, 9.17) is 17.3 Å². The summed E-state index contributed by atoms with van der Waals surface area (Å²) in [5.74, 6) is -0.779. The van der Waals surface area contributed by atoms with Crippen LogP contribution < -0.4 is 10.6 Å². The van der Waals surface area contributed by atoms with Crippen LogP contribution in [0.25, 0.3) is 0 Å². The van der Waals surface area contributed by atoms with Crippen LogP contribution in [0.15, 0.2) is 51.4 Å². The standard InChI is InChI=1S/C21H16BrClFN3OS/c1-10-13(22)8-18(29-10)19-12(9-25)21(26)27(11-5-6-15(24)14(23)7-11)16-3-2-4-17(28)20(16)19/h5-8,19H,2-4,26H2,1H3. The highest BCUT2D eigenvalue weighted by Crippen LogP contribution is 2.48. The number of hydrogen-bond donors (Lipinski definition) is 1. The summed E-state index contributed by atoms with van der Waals surface area (Å²) in [7, 11) is 0. The van der Waals surface area contributed by atoms with E-state index in [-0.39, 0.29) is 16.6 Å². The second kappa shape index (κ2) is 7.60. The van der Waals surface area contributed by atoms with Gasteiger partial charge in [0.05, 0.1) is 22.6 Å². The van der Waals surface area contributed by atoms with Gasteiger partial charge in [-0.2, -0.15) is 5.26 Å². The Bertz CT molecular complexity index is 1130. The lowest BCUT2D eigenvalue weighted by molar-refractivity contribution is -0.116. The minimum absolute atomic E-state index is 0.0110. The number of aryl methyl sites for hydroxylation is 1.